The molecule has 1 aliphatic heterocycles. The molecule has 2 aromatic carbocycles. The highest BCUT2D eigenvalue weighted by Crippen LogP contribution is 2.33. The first-order chi connectivity index (χ1) is 9.38. The minimum Gasteiger partial charge on any atom is -0.496 e. The van der Waals surface area contributed by atoms with Crippen molar-refractivity contribution in [3.05, 3.63) is 54.1 Å². The number of ether oxygens (including phenoxy) is 2. The molecular formula is C16H15NO2. The average molecular weight is 253 g/mol. The van der Waals surface area contributed by atoms with Gasteiger partial charge in [-0.1, -0.05) is 36.4 Å². The number of methoxy groups -OCH3 is 1. The summed E-state index contributed by atoms with van der Waals surface area (Å²) in [6.45, 7) is 0.612. The number of hydrogen-bond acceptors (Lipinski definition) is 3. The highest BCUT2D eigenvalue weighted by atomic mass is 16.5. The fourth-order valence-corrected chi connectivity index (χ4v) is 2.25. The highest BCUT2D eigenvalue weighted by Gasteiger charge is 2.16. The van der Waals surface area contributed by atoms with E-state index in [2.05, 4.69) is 23.2 Å². The lowest BCUT2D eigenvalue weighted by Gasteiger charge is -2.13. The fraction of sp³-hybridized carbons (Fsp3) is 0.188. The first kappa shape index (κ1) is 11.8. The van der Waals surface area contributed by atoms with Crippen LogP contribution >= 0.6 is 0 Å². The van der Waals surface area contributed by atoms with Gasteiger partial charge < -0.3 is 9.47 Å². The first-order valence-electron chi connectivity index (χ1n) is 6.25. The third-order valence-corrected chi connectivity index (χ3v) is 3.26. The van der Waals surface area contributed by atoms with Gasteiger partial charge in [-0.25, -0.2) is 4.99 Å². The van der Waals surface area contributed by atoms with Crippen LogP contribution in [0.1, 0.15) is 11.6 Å². The lowest BCUT2D eigenvalue weighted by Crippen LogP contribution is -1.98. The van der Waals surface area contributed by atoms with E-state index < -0.39 is 0 Å². The lowest BCUT2D eigenvalue weighted by atomic mass is 9.99. The van der Waals surface area contributed by atoms with E-state index in [1.165, 1.54) is 6.40 Å². The molecule has 3 rings (SSSR count). The van der Waals surface area contributed by atoms with Gasteiger partial charge in [-0.3, -0.25) is 0 Å². The van der Waals surface area contributed by atoms with Crippen LogP contribution in [0.15, 0.2) is 53.5 Å². The molecule has 0 N–H and O–H groups in total. The average Bonchev–Trinajstić information content (AvgIpc) is 3.02. The van der Waals surface area contributed by atoms with E-state index >= 15 is 0 Å². The Bertz CT molecular complexity index is 593. The van der Waals surface area contributed by atoms with Gasteiger partial charge in [0.2, 0.25) is 0 Å². The van der Waals surface area contributed by atoms with Crippen LogP contribution in [-0.4, -0.2) is 20.1 Å². The fourth-order valence-electron chi connectivity index (χ4n) is 2.25. The molecule has 0 amide bonds. The molecule has 0 aliphatic carbocycles. The second-order valence-corrected chi connectivity index (χ2v) is 4.43. The Morgan fingerprint density at radius 2 is 2.00 bits per heavy atom. The minimum atomic E-state index is 0.0911. The monoisotopic (exact) mass is 253 g/mol. The molecule has 1 heterocycles. The molecule has 0 fully saturated rings. The summed E-state index contributed by atoms with van der Waals surface area (Å²) in [6, 6.07) is 16.5. The SMILES string of the molecule is COc1ccc(C2COC=N2)cc1-c1ccccc1. The molecule has 1 atom stereocenters. The van der Waals surface area contributed by atoms with Crippen molar-refractivity contribution in [2.45, 2.75) is 6.04 Å². The molecule has 0 saturated carbocycles. The van der Waals surface area contributed by atoms with E-state index in [4.69, 9.17) is 9.47 Å². The van der Waals surface area contributed by atoms with Gasteiger partial charge in [-0.05, 0) is 23.3 Å². The lowest BCUT2D eigenvalue weighted by molar-refractivity contribution is 0.330. The summed E-state index contributed by atoms with van der Waals surface area (Å²) in [5.74, 6) is 0.873. The molecule has 0 radical (unpaired) electrons. The number of benzene rings is 2. The van der Waals surface area contributed by atoms with Gasteiger partial charge in [0, 0.05) is 5.56 Å². The van der Waals surface area contributed by atoms with Gasteiger partial charge in [0.1, 0.15) is 18.4 Å². The molecule has 0 saturated heterocycles. The summed E-state index contributed by atoms with van der Waals surface area (Å²) in [7, 11) is 1.69. The number of rotatable bonds is 3. The van der Waals surface area contributed by atoms with Crippen molar-refractivity contribution in [3.8, 4) is 16.9 Å². The number of nitrogens with zero attached hydrogens (tertiary/aromatic N) is 1. The quantitative estimate of drug-likeness (QED) is 0.838. The summed E-state index contributed by atoms with van der Waals surface area (Å²) < 4.78 is 10.6. The maximum absolute atomic E-state index is 5.45. The minimum absolute atomic E-state index is 0.0911. The smallest absolute Gasteiger partial charge is 0.170 e. The Hall–Kier alpha value is -2.29. The molecule has 3 heteroatoms. The maximum Gasteiger partial charge on any atom is 0.170 e. The largest absolute Gasteiger partial charge is 0.496 e. The zero-order valence-corrected chi connectivity index (χ0v) is 10.7. The normalized spacial score (nSPS) is 17.2. The van der Waals surface area contributed by atoms with Crippen LogP contribution in [0, 0.1) is 0 Å². The van der Waals surface area contributed by atoms with Crippen molar-refractivity contribution in [1.82, 2.24) is 0 Å². The topological polar surface area (TPSA) is 30.8 Å². The third kappa shape index (κ3) is 2.32. The van der Waals surface area contributed by atoms with E-state index in [1.54, 1.807) is 7.11 Å². The summed E-state index contributed by atoms with van der Waals surface area (Å²) in [4.78, 5) is 4.31. The van der Waals surface area contributed by atoms with Crippen molar-refractivity contribution < 1.29 is 9.47 Å². The van der Waals surface area contributed by atoms with E-state index in [-0.39, 0.29) is 6.04 Å². The van der Waals surface area contributed by atoms with Crippen molar-refractivity contribution >= 4 is 6.40 Å². The molecule has 1 aliphatic rings. The predicted molar refractivity (Wildman–Crippen MR) is 75.6 cm³/mol. The Labute approximate surface area is 112 Å². The predicted octanol–water partition coefficient (Wildman–Crippen LogP) is 3.46. The van der Waals surface area contributed by atoms with E-state index in [9.17, 15) is 0 Å². The van der Waals surface area contributed by atoms with Crippen LogP contribution in [0.4, 0.5) is 0 Å². The zero-order chi connectivity index (χ0) is 13.1. The van der Waals surface area contributed by atoms with Crippen LogP contribution in [0.3, 0.4) is 0 Å². The molecule has 0 bridgehead atoms. The molecule has 3 nitrogen and oxygen atoms in total. The van der Waals surface area contributed by atoms with Crippen molar-refractivity contribution in [3.63, 3.8) is 0 Å². The van der Waals surface area contributed by atoms with E-state index in [0.717, 1.165) is 22.4 Å². The first-order valence-corrected chi connectivity index (χ1v) is 6.25. The van der Waals surface area contributed by atoms with E-state index in [1.807, 2.05) is 30.3 Å². The van der Waals surface area contributed by atoms with Gasteiger partial charge in [-0.15, -0.1) is 0 Å². The Kier molecular flexibility index (Phi) is 3.19. The van der Waals surface area contributed by atoms with Gasteiger partial charge in [-0.2, -0.15) is 0 Å². The highest BCUT2D eigenvalue weighted by molar-refractivity contribution is 5.71. The van der Waals surface area contributed by atoms with Crippen molar-refractivity contribution in [1.29, 1.82) is 0 Å². The molecule has 1 unspecified atom stereocenters. The molecule has 2 aromatic rings. The second kappa shape index (κ2) is 5.14. The van der Waals surface area contributed by atoms with Gasteiger partial charge in [0.15, 0.2) is 6.40 Å². The van der Waals surface area contributed by atoms with Crippen LogP contribution in [-0.2, 0) is 4.74 Å². The second-order valence-electron chi connectivity index (χ2n) is 4.43. The Morgan fingerprint density at radius 3 is 2.68 bits per heavy atom. The van der Waals surface area contributed by atoms with Gasteiger partial charge in [0.25, 0.3) is 0 Å². The van der Waals surface area contributed by atoms with E-state index in [0.29, 0.717) is 6.61 Å². The molecule has 96 valence electrons. The summed E-state index contributed by atoms with van der Waals surface area (Å²) in [5, 5.41) is 0. The van der Waals surface area contributed by atoms with Crippen LogP contribution < -0.4 is 4.74 Å². The Morgan fingerprint density at radius 1 is 1.16 bits per heavy atom. The summed E-state index contributed by atoms with van der Waals surface area (Å²) in [5.41, 5.74) is 3.38. The zero-order valence-electron chi connectivity index (χ0n) is 10.7. The number of aliphatic imine (C=N–C) groups is 1. The standard InChI is InChI=1S/C16H15NO2/c1-18-16-8-7-13(15-10-19-11-17-15)9-14(16)12-5-3-2-4-6-12/h2-9,11,15H,10H2,1H3. The summed E-state index contributed by atoms with van der Waals surface area (Å²) >= 11 is 0. The van der Waals surface area contributed by atoms with Crippen LogP contribution in [0.2, 0.25) is 0 Å². The van der Waals surface area contributed by atoms with Crippen molar-refractivity contribution in [2.75, 3.05) is 13.7 Å². The third-order valence-electron chi connectivity index (χ3n) is 3.26. The summed E-state index contributed by atoms with van der Waals surface area (Å²) in [6.07, 6.45) is 1.52. The molecule has 0 spiro atoms. The van der Waals surface area contributed by atoms with Crippen molar-refractivity contribution in [2.24, 2.45) is 4.99 Å². The van der Waals surface area contributed by atoms with Crippen LogP contribution in [0.25, 0.3) is 11.1 Å². The van der Waals surface area contributed by atoms with Gasteiger partial charge >= 0.3 is 0 Å². The number of hydrogen-bond donors (Lipinski definition) is 0. The van der Waals surface area contributed by atoms with Crippen LogP contribution in [0.5, 0.6) is 5.75 Å². The Balaban J connectivity index is 2.05. The maximum atomic E-state index is 5.45. The molecular weight excluding hydrogens is 238 g/mol. The molecule has 0 aromatic heterocycles. The molecule has 19 heavy (non-hydrogen) atoms. The van der Waals surface area contributed by atoms with Gasteiger partial charge in [0.05, 0.1) is 7.11 Å².